The average Bonchev–Trinajstić information content (AvgIpc) is 2.15. The number of aromatic nitrogens is 1. The number of aliphatic hydroxyl groups is 1. The van der Waals surface area contributed by atoms with Gasteiger partial charge in [-0.3, -0.25) is 0 Å². The molecule has 0 bridgehead atoms. The lowest BCUT2D eigenvalue weighted by atomic mass is 10.1. The second kappa shape index (κ2) is 4.28. The number of pyridine rings is 1. The fraction of sp³-hybridized carbons (Fsp3) is 0.375. The summed E-state index contributed by atoms with van der Waals surface area (Å²) in [7, 11) is 0. The number of hydrogen-bond donors (Lipinski definition) is 1. The van der Waals surface area contributed by atoms with Crippen molar-refractivity contribution < 1.29 is 31.4 Å². The Balaban J connectivity index is 3.43. The predicted octanol–water partition coefficient (Wildman–Crippen LogP) is 2.67. The molecule has 8 heteroatoms. The van der Waals surface area contributed by atoms with Crippen molar-refractivity contribution in [3.8, 4) is 0 Å². The molecular formula is C8H5F6NO. The largest absolute Gasteiger partial charge is 0.433 e. The molecule has 0 aromatic carbocycles. The van der Waals surface area contributed by atoms with E-state index in [-0.39, 0.29) is 6.07 Å². The first kappa shape index (κ1) is 12.8. The first-order chi connectivity index (χ1) is 7.27. The topological polar surface area (TPSA) is 33.1 Å². The van der Waals surface area contributed by atoms with E-state index in [1.165, 1.54) is 0 Å². The van der Waals surface area contributed by atoms with Gasteiger partial charge in [-0.2, -0.15) is 13.2 Å². The van der Waals surface area contributed by atoms with Crippen LogP contribution in [0.3, 0.4) is 0 Å². The Bertz CT molecular complexity index is 389. The van der Waals surface area contributed by atoms with Gasteiger partial charge in [0, 0.05) is 0 Å². The standard InChI is InChI=1S/C8H5F6NO/c9-4-1-3(7(10)11)6(8(12,13)14)15-5(4)2-16/h1,7,16H,2H2. The molecule has 0 atom stereocenters. The second-order valence-electron chi connectivity index (χ2n) is 2.81. The van der Waals surface area contributed by atoms with Crippen molar-refractivity contribution >= 4 is 0 Å². The Kier molecular flexibility index (Phi) is 3.41. The fourth-order valence-corrected chi connectivity index (χ4v) is 1.05. The van der Waals surface area contributed by atoms with Crippen molar-refractivity contribution in [2.24, 2.45) is 0 Å². The minimum absolute atomic E-state index is 0.0338. The SMILES string of the molecule is OCc1nc(C(F)(F)F)c(C(F)F)cc1F. The number of nitrogens with zero attached hydrogens (tertiary/aromatic N) is 1. The second-order valence-corrected chi connectivity index (χ2v) is 2.81. The van der Waals surface area contributed by atoms with E-state index >= 15 is 0 Å². The van der Waals surface area contributed by atoms with Crippen LogP contribution in [0.1, 0.15) is 23.4 Å². The maximum Gasteiger partial charge on any atom is 0.433 e. The van der Waals surface area contributed by atoms with Crippen LogP contribution in [0.2, 0.25) is 0 Å². The van der Waals surface area contributed by atoms with Crippen molar-refractivity contribution in [2.75, 3.05) is 0 Å². The van der Waals surface area contributed by atoms with Crippen LogP contribution in [0.15, 0.2) is 6.07 Å². The zero-order valence-electron chi connectivity index (χ0n) is 7.52. The average molecular weight is 245 g/mol. The molecule has 0 aliphatic carbocycles. The van der Waals surface area contributed by atoms with Crippen LogP contribution < -0.4 is 0 Å². The first-order valence-electron chi connectivity index (χ1n) is 3.93. The third kappa shape index (κ3) is 2.43. The molecule has 0 radical (unpaired) electrons. The molecule has 1 rings (SSSR count). The van der Waals surface area contributed by atoms with Crippen LogP contribution >= 0.6 is 0 Å². The number of aliphatic hydroxyl groups excluding tert-OH is 1. The molecule has 2 nitrogen and oxygen atoms in total. The summed E-state index contributed by atoms with van der Waals surface area (Å²) < 4.78 is 74.0. The fourth-order valence-electron chi connectivity index (χ4n) is 1.05. The number of rotatable bonds is 2. The van der Waals surface area contributed by atoms with Gasteiger partial charge in [-0.25, -0.2) is 18.2 Å². The molecule has 0 aliphatic rings. The van der Waals surface area contributed by atoms with Gasteiger partial charge in [0.1, 0.15) is 11.5 Å². The van der Waals surface area contributed by atoms with Crippen LogP contribution in [0.4, 0.5) is 26.3 Å². The van der Waals surface area contributed by atoms with Crippen molar-refractivity contribution in [3.63, 3.8) is 0 Å². The molecule has 1 heterocycles. The van der Waals surface area contributed by atoms with E-state index < -0.39 is 42.0 Å². The molecule has 0 fully saturated rings. The molecular weight excluding hydrogens is 240 g/mol. The number of halogens is 6. The zero-order valence-corrected chi connectivity index (χ0v) is 7.52. The van der Waals surface area contributed by atoms with Crippen molar-refractivity contribution in [3.05, 3.63) is 28.8 Å². The van der Waals surface area contributed by atoms with E-state index in [2.05, 4.69) is 4.98 Å². The van der Waals surface area contributed by atoms with Crippen molar-refractivity contribution in [2.45, 2.75) is 19.2 Å². The molecule has 1 N–H and O–H groups in total. The van der Waals surface area contributed by atoms with Crippen LogP contribution in [-0.4, -0.2) is 10.1 Å². The molecule has 0 spiro atoms. The van der Waals surface area contributed by atoms with Gasteiger partial charge < -0.3 is 5.11 Å². The highest BCUT2D eigenvalue weighted by Crippen LogP contribution is 2.35. The lowest BCUT2D eigenvalue weighted by Gasteiger charge is -2.12. The smallest absolute Gasteiger partial charge is 0.390 e. The third-order valence-corrected chi connectivity index (χ3v) is 1.73. The van der Waals surface area contributed by atoms with E-state index in [1.807, 2.05) is 0 Å². The van der Waals surface area contributed by atoms with Gasteiger partial charge in [0.15, 0.2) is 5.69 Å². The van der Waals surface area contributed by atoms with Gasteiger partial charge >= 0.3 is 6.18 Å². The normalized spacial score (nSPS) is 12.2. The first-order valence-corrected chi connectivity index (χ1v) is 3.93. The van der Waals surface area contributed by atoms with E-state index in [0.29, 0.717) is 0 Å². The van der Waals surface area contributed by atoms with E-state index in [1.54, 1.807) is 0 Å². The van der Waals surface area contributed by atoms with Crippen LogP contribution in [0.25, 0.3) is 0 Å². The highest BCUT2D eigenvalue weighted by molar-refractivity contribution is 5.27. The minimum atomic E-state index is -5.12. The Hall–Kier alpha value is -1.31. The van der Waals surface area contributed by atoms with Crippen LogP contribution in [0, 0.1) is 5.82 Å². The Morgan fingerprint density at radius 2 is 1.88 bits per heavy atom. The molecule has 0 aliphatic heterocycles. The molecule has 1 aromatic heterocycles. The van der Waals surface area contributed by atoms with E-state index in [0.717, 1.165) is 0 Å². The predicted molar refractivity (Wildman–Crippen MR) is 40.1 cm³/mol. The summed E-state index contributed by atoms with van der Waals surface area (Å²) in [5.41, 5.74) is -4.34. The highest BCUT2D eigenvalue weighted by Gasteiger charge is 2.38. The molecule has 0 amide bonds. The van der Waals surface area contributed by atoms with Gasteiger partial charge in [0.25, 0.3) is 6.43 Å². The summed E-state index contributed by atoms with van der Waals surface area (Å²) in [6.45, 7) is -1.10. The molecule has 0 saturated carbocycles. The zero-order chi connectivity index (χ0) is 12.5. The summed E-state index contributed by atoms with van der Waals surface area (Å²) in [4.78, 5) is 2.65. The van der Waals surface area contributed by atoms with Crippen molar-refractivity contribution in [1.82, 2.24) is 4.98 Å². The van der Waals surface area contributed by atoms with E-state index in [9.17, 15) is 26.3 Å². The van der Waals surface area contributed by atoms with E-state index in [4.69, 9.17) is 5.11 Å². The minimum Gasteiger partial charge on any atom is -0.390 e. The van der Waals surface area contributed by atoms with Gasteiger partial charge in [-0.15, -0.1) is 0 Å². The lowest BCUT2D eigenvalue weighted by Crippen LogP contribution is -2.15. The summed E-state index contributed by atoms with van der Waals surface area (Å²) >= 11 is 0. The molecule has 16 heavy (non-hydrogen) atoms. The number of alkyl halides is 5. The van der Waals surface area contributed by atoms with Crippen LogP contribution in [0.5, 0.6) is 0 Å². The van der Waals surface area contributed by atoms with Gasteiger partial charge in [-0.1, -0.05) is 0 Å². The van der Waals surface area contributed by atoms with Gasteiger partial charge in [-0.05, 0) is 6.07 Å². The molecule has 0 saturated heterocycles. The summed E-state index contributed by atoms with van der Waals surface area (Å²) in [5, 5.41) is 8.48. The monoisotopic (exact) mass is 245 g/mol. The third-order valence-electron chi connectivity index (χ3n) is 1.73. The Morgan fingerprint density at radius 3 is 2.25 bits per heavy atom. The molecule has 90 valence electrons. The number of hydrogen-bond acceptors (Lipinski definition) is 2. The Labute approximate surface area is 85.5 Å². The highest BCUT2D eigenvalue weighted by atomic mass is 19.4. The molecule has 1 aromatic rings. The summed E-state index contributed by atoms with van der Waals surface area (Å²) in [6, 6.07) is 0.0338. The van der Waals surface area contributed by atoms with Gasteiger partial charge in [0.2, 0.25) is 0 Å². The lowest BCUT2D eigenvalue weighted by molar-refractivity contribution is -0.143. The summed E-state index contributed by atoms with van der Waals surface area (Å²) in [6.07, 6.45) is -8.62. The Morgan fingerprint density at radius 1 is 1.31 bits per heavy atom. The van der Waals surface area contributed by atoms with Gasteiger partial charge in [0.05, 0.1) is 12.2 Å². The maximum atomic E-state index is 12.9. The van der Waals surface area contributed by atoms with Crippen LogP contribution in [-0.2, 0) is 12.8 Å². The summed E-state index contributed by atoms with van der Waals surface area (Å²) in [5.74, 6) is -1.40. The quantitative estimate of drug-likeness (QED) is 0.812. The maximum absolute atomic E-state index is 12.9. The van der Waals surface area contributed by atoms with Crippen molar-refractivity contribution in [1.29, 1.82) is 0 Å². The molecule has 0 unspecified atom stereocenters.